The summed E-state index contributed by atoms with van der Waals surface area (Å²) in [7, 11) is 0. The molecular formula is C16H23ClN4O3. The molecule has 1 amide bonds. The maximum atomic E-state index is 12.7. The van der Waals surface area contributed by atoms with E-state index in [0.717, 1.165) is 26.2 Å². The van der Waals surface area contributed by atoms with Crippen LogP contribution in [0.15, 0.2) is 18.2 Å². The fourth-order valence-electron chi connectivity index (χ4n) is 3.41. The van der Waals surface area contributed by atoms with Gasteiger partial charge in [0.25, 0.3) is 11.6 Å². The van der Waals surface area contributed by atoms with Gasteiger partial charge in [0.05, 0.1) is 4.92 Å². The van der Waals surface area contributed by atoms with Crippen molar-refractivity contribution in [2.24, 2.45) is 0 Å². The number of nitro groups is 1. The van der Waals surface area contributed by atoms with Gasteiger partial charge in [0.15, 0.2) is 0 Å². The van der Waals surface area contributed by atoms with Crippen molar-refractivity contribution in [2.75, 3.05) is 39.3 Å². The molecule has 8 heteroatoms. The average molecular weight is 355 g/mol. The van der Waals surface area contributed by atoms with E-state index in [-0.39, 0.29) is 24.0 Å². The molecule has 2 heterocycles. The molecule has 2 fully saturated rings. The van der Waals surface area contributed by atoms with Crippen LogP contribution in [0, 0.1) is 17.0 Å². The first kappa shape index (κ1) is 18.6. The summed E-state index contributed by atoms with van der Waals surface area (Å²) >= 11 is 0. The molecule has 2 aliphatic rings. The van der Waals surface area contributed by atoms with E-state index in [4.69, 9.17) is 0 Å². The number of aryl methyl sites for hydroxylation is 1. The number of amides is 1. The predicted octanol–water partition coefficient (Wildman–Crippen LogP) is 1.44. The average Bonchev–Trinajstić information content (AvgIpc) is 3.08. The van der Waals surface area contributed by atoms with Gasteiger partial charge in [-0.15, -0.1) is 12.4 Å². The third kappa shape index (κ3) is 3.85. The molecule has 0 radical (unpaired) electrons. The minimum absolute atomic E-state index is 0. The third-order valence-electron chi connectivity index (χ3n) is 4.80. The Morgan fingerprint density at radius 2 is 2.00 bits per heavy atom. The number of non-ortho nitro benzene ring substituents is 1. The first-order valence-electron chi connectivity index (χ1n) is 8.05. The summed E-state index contributed by atoms with van der Waals surface area (Å²) in [5.74, 6) is -0.0263. The number of nitro benzene ring substituents is 1. The molecule has 1 unspecified atom stereocenters. The molecule has 132 valence electrons. The maximum Gasteiger partial charge on any atom is 0.269 e. The smallest absolute Gasteiger partial charge is 0.269 e. The van der Waals surface area contributed by atoms with Crippen LogP contribution >= 0.6 is 12.4 Å². The number of benzene rings is 1. The van der Waals surface area contributed by atoms with Gasteiger partial charge in [-0.3, -0.25) is 19.8 Å². The number of piperazine rings is 1. The monoisotopic (exact) mass is 354 g/mol. The Balaban J connectivity index is 0.00000208. The topological polar surface area (TPSA) is 78.7 Å². The zero-order chi connectivity index (χ0) is 16.4. The quantitative estimate of drug-likeness (QED) is 0.656. The van der Waals surface area contributed by atoms with Gasteiger partial charge in [0.2, 0.25) is 0 Å². The number of hydrogen-bond donors (Lipinski definition) is 1. The van der Waals surface area contributed by atoms with Gasteiger partial charge in [0, 0.05) is 56.5 Å². The minimum atomic E-state index is -0.435. The van der Waals surface area contributed by atoms with E-state index < -0.39 is 4.92 Å². The number of nitrogens with zero attached hydrogens (tertiary/aromatic N) is 3. The van der Waals surface area contributed by atoms with Crippen molar-refractivity contribution < 1.29 is 9.72 Å². The summed E-state index contributed by atoms with van der Waals surface area (Å²) < 4.78 is 0. The standard InChI is InChI=1S/C16H22N4O3.ClH/c1-12-10-13(20(22)23)2-3-15(12)16(21)19-8-6-18(7-9-19)14-4-5-17-11-14;/h2-3,10,14,17H,4-9,11H2,1H3;1H. The number of hydrogen-bond acceptors (Lipinski definition) is 5. The number of rotatable bonds is 3. The van der Waals surface area contributed by atoms with Gasteiger partial charge in [-0.1, -0.05) is 0 Å². The Bertz CT molecular complexity index is 611. The highest BCUT2D eigenvalue weighted by atomic mass is 35.5. The highest BCUT2D eigenvalue weighted by Crippen LogP contribution is 2.20. The van der Waals surface area contributed by atoms with Crippen LogP contribution in [-0.4, -0.2) is 65.9 Å². The Hall–Kier alpha value is -1.70. The SMILES string of the molecule is Cc1cc([N+](=O)[O-])ccc1C(=O)N1CCN(C2CCNC2)CC1.Cl. The number of halogens is 1. The Kier molecular flexibility index (Phi) is 6.15. The zero-order valence-electron chi connectivity index (χ0n) is 13.7. The van der Waals surface area contributed by atoms with Gasteiger partial charge < -0.3 is 10.2 Å². The molecule has 7 nitrogen and oxygen atoms in total. The van der Waals surface area contributed by atoms with Gasteiger partial charge in [-0.25, -0.2) is 0 Å². The van der Waals surface area contributed by atoms with Crippen LogP contribution in [0.3, 0.4) is 0 Å². The fourth-order valence-corrected chi connectivity index (χ4v) is 3.41. The van der Waals surface area contributed by atoms with E-state index in [1.54, 1.807) is 13.0 Å². The molecule has 1 atom stereocenters. The van der Waals surface area contributed by atoms with Crippen molar-refractivity contribution in [1.82, 2.24) is 15.1 Å². The van der Waals surface area contributed by atoms with Crippen LogP contribution in [-0.2, 0) is 0 Å². The summed E-state index contributed by atoms with van der Waals surface area (Å²) in [6, 6.07) is 5.03. The first-order valence-corrected chi connectivity index (χ1v) is 8.05. The lowest BCUT2D eigenvalue weighted by atomic mass is 10.1. The summed E-state index contributed by atoms with van der Waals surface area (Å²) in [5, 5.41) is 14.2. The molecule has 1 N–H and O–H groups in total. The van der Waals surface area contributed by atoms with E-state index in [2.05, 4.69) is 10.2 Å². The maximum absolute atomic E-state index is 12.7. The number of carbonyl (C=O) groups is 1. The van der Waals surface area contributed by atoms with Crippen molar-refractivity contribution in [3.63, 3.8) is 0 Å². The Morgan fingerprint density at radius 1 is 1.29 bits per heavy atom. The number of carbonyl (C=O) groups excluding carboxylic acids is 1. The molecule has 2 saturated heterocycles. The van der Waals surface area contributed by atoms with Crippen molar-refractivity contribution in [2.45, 2.75) is 19.4 Å². The van der Waals surface area contributed by atoms with Crippen molar-refractivity contribution in [3.05, 3.63) is 39.4 Å². The highest BCUT2D eigenvalue weighted by molar-refractivity contribution is 5.96. The lowest BCUT2D eigenvalue weighted by molar-refractivity contribution is -0.384. The van der Waals surface area contributed by atoms with Crippen LogP contribution in [0.1, 0.15) is 22.3 Å². The zero-order valence-corrected chi connectivity index (χ0v) is 14.6. The molecule has 2 aliphatic heterocycles. The van der Waals surface area contributed by atoms with Gasteiger partial charge in [-0.2, -0.15) is 0 Å². The molecule has 3 rings (SSSR count). The Morgan fingerprint density at radius 3 is 2.54 bits per heavy atom. The molecular weight excluding hydrogens is 332 g/mol. The van der Waals surface area contributed by atoms with Crippen molar-refractivity contribution in [1.29, 1.82) is 0 Å². The third-order valence-corrected chi connectivity index (χ3v) is 4.80. The second-order valence-electron chi connectivity index (χ2n) is 6.23. The van der Waals surface area contributed by atoms with E-state index in [9.17, 15) is 14.9 Å². The van der Waals surface area contributed by atoms with E-state index in [0.29, 0.717) is 30.3 Å². The molecule has 0 spiro atoms. The molecule has 1 aromatic carbocycles. The van der Waals surface area contributed by atoms with Gasteiger partial charge in [0.1, 0.15) is 0 Å². The minimum Gasteiger partial charge on any atom is -0.336 e. The van der Waals surface area contributed by atoms with Crippen LogP contribution in [0.25, 0.3) is 0 Å². The molecule has 0 aliphatic carbocycles. The van der Waals surface area contributed by atoms with Crippen LogP contribution in [0.5, 0.6) is 0 Å². The van der Waals surface area contributed by atoms with Crippen LogP contribution < -0.4 is 5.32 Å². The largest absolute Gasteiger partial charge is 0.336 e. The summed E-state index contributed by atoms with van der Waals surface area (Å²) in [4.78, 5) is 27.3. The molecule has 0 aromatic heterocycles. The van der Waals surface area contributed by atoms with Gasteiger partial charge in [-0.05, 0) is 31.5 Å². The predicted molar refractivity (Wildman–Crippen MR) is 93.8 cm³/mol. The van der Waals surface area contributed by atoms with Crippen LogP contribution in [0.2, 0.25) is 0 Å². The molecule has 1 aromatic rings. The second-order valence-corrected chi connectivity index (χ2v) is 6.23. The van der Waals surface area contributed by atoms with Crippen LogP contribution in [0.4, 0.5) is 5.69 Å². The fraction of sp³-hybridized carbons (Fsp3) is 0.562. The summed E-state index contributed by atoms with van der Waals surface area (Å²) in [5.41, 5.74) is 1.25. The molecule has 0 bridgehead atoms. The summed E-state index contributed by atoms with van der Waals surface area (Å²) in [6.45, 7) is 7.08. The number of nitrogens with one attached hydrogen (secondary N) is 1. The first-order chi connectivity index (χ1) is 11.1. The normalized spacial score (nSPS) is 21.4. The van der Waals surface area contributed by atoms with Crippen molar-refractivity contribution in [3.8, 4) is 0 Å². The van der Waals surface area contributed by atoms with E-state index in [1.165, 1.54) is 18.6 Å². The lowest BCUT2D eigenvalue weighted by Crippen LogP contribution is -2.52. The van der Waals surface area contributed by atoms with Crippen molar-refractivity contribution >= 4 is 24.0 Å². The Labute approximate surface area is 147 Å². The highest BCUT2D eigenvalue weighted by Gasteiger charge is 2.28. The van der Waals surface area contributed by atoms with E-state index >= 15 is 0 Å². The van der Waals surface area contributed by atoms with E-state index in [1.807, 2.05) is 4.90 Å². The summed E-state index contributed by atoms with van der Waals surface area (Å²) in [6.07, 6.45) is 1.18. The molecule has 24 heavy (non-hydrogen) atoms. The van der Waals surface area contributed by atoms with Gasteiger partial charge >= 0.3 is 0 Å². The second kappa shape index (κ2) is 7.92. The lowest BCUT2D eigenvalue weighted by Gasteiger charge is -2.38. The molecule has 0 saturated carbocycles.